The highest BCUT2D eigenvalue weighted by molar-refractivity contribution is 7.80. The molecule has 0 aromatic carbocycles. The maximum Gasteiger partial charge on any atom is 0.322 e. The number of amidine groups is 1. The number of nitrogens with two attached hydrogens (primary N) is 1. The zero-order valence-corrected chi connectivity index (χ0v) is 7.44. The fraction of sp³-hybridized carbons (Fsp3) is 0.500. The van der Waals surface area contributed by atoms with Crippen molar-refractivity contribution in [3.63, 3.8) is 0 Å². The van der Waals surface area contributed by atoms with E-state index in [4.69, 9.17) is 28.5 Å². The SMILES string of the molecule is CC(C(=N)N)C(=S)NCC(=O)O. The predicted octanol–water partition coefficient (Wildman–Crippen LogP) is -0.440. The number of carbonyl (C=O) groups is 1. The van der Waals surface area contributed by atoms with Gasteiger partial charge in [-0.05, 0) is 6.92 Å². The van der Waals surface area contributed by atoms with Crippen molar-refractivity contribution in [2.75, 3.05) is 6.54 Å². The molecule has 0 aliphatic carbocycles. The Hall–Kier alpha value is -1.17. The predicted molar refractivity (Wildman–Crippen MR) is 49.3 cm³/mol. The molecule has 0 rings (SSSR count). The Labute approximate surface area is 75.5 Å². The van der Waals surface area contributed by atoms with E-state index in [0.717, 1.165) is 0 Å². The monoisotopic (exact) mass is 189 g/mol. The van der Waals surface area contributed by atoms with E-state index in [2.05, 4.69) is 5.32 Å². The molecule has 0 saturated heterocycles. The molecule has 0 heterocycles. The normalized spacial score (nSPS) is 11.8. The minimum atomic E-state index is -0.992. The van der Waals surface area contributed by atoms with Crippen LogP contribution in [0.1, 0.15) is 6.92 Å². The lowest BCUT2D eigenvalue weighted by molar-refractivity contribution is -0.135. The number of thiocarbonyl (C=S) groups is 1. The van der Waals surface area contributed by atoms with Gasteiger partial charge < -0.3 is 16.2 Å². The summed E-state index contributed by atoms with van der Waals surface area (Å²) in [5.41, 5.74) is 5.15. The molecule has 0 aromatic rings. The Bertz CT molecular complexity index is 217. The third-order valence-electron chi connectivity index (χ3n) is 1.27. The first-order valence-electron chi connectivity index (χ1n) is 3.28. The molecule has 0 amide bonds. The molecule has 0 aliphatic rings. The first-order valence-corrected chi connectivity index (χ1v) is 3.69. The Kier molecular flexibility index (Phi) is 4.20. The number of hydrogen-bond donors (Lipinski definition) is 4. The number of aliphatic carboxylic acids is 1. The van der Waals surface area contributed by atoms with Gasteiger partial charge in [0.2, 0.25) is 0 Å². The highest BCUT2D eigenvalue weighted by Gasteiger charge is 2.11. The number of hydrogen-bond acceptors (Lipinski definition) is 3. The van der Waals surface area contributed by atoms with Gasteiger partial charge in [0.05, 0.1) is 10.9 Å². The Morgan fingerprint density at radius 2 is 2.33 bits per heavy atom. The van der Waals surface area contributed by atoms with Crippen molar-refractivity contribution in [1.82, 2.24) is 5.32 Å². The summed E-state index contributed by atoms with van der Waals surface area (Å²) >= 11 is 4.78. The van der Waals surface area contributed by atoms with E-state index >= 15 is 0 Å². The average molecular weight is 189 g/mol. The number of nitrogens with one attached hydrogen (secondary N) is 2. The van der Waals surface area contributed by atoms with Gasteiger partial charge >= 0.3 is 5.97 Å². The number of carboxylic acid groups (broad SMARTS) is 1. The second kappa shape index (κ2) is 4.66. The van der Waals surface area contributed by atoms with E-state index in [-0.39, 0.29) is 17.4 Å². The van der Waals surface area contributed by atoms with Crippen molar-refractivity contribution in [3.05, 3.63) is 0 Å². The van der Waals surface area contributed by atoms with Gasteiger partial charge in [0.25, 0.3) is 0 Å². The fourth-order valence-corrected chi connectivity index (χ4v) is 0.656. The van der Waals surface area contributed by atoms with E-state index in [1.807, 2.05) is 0 Å². The minimum Gasteiger partial charge on any atom is -0.480 e. The third kappa shape index (κ3) is 3.87. The molecule has 0 aromatic heterocycles. The molecule has 5 nitrogen and oxygen atoms in total. The van der Waals surface area contributed by atoms with Crippen LogP contribution in [0.4, 0.5) is 0 Å². The summed E-state index contributed by atoms with van der Waals surface area (Å²) in [6.45, 7) is 1.40. The molecular formula is C6H11N3O2S. The second-order valence-electron chi connectivity index (χ2n) is 2.29. The number of carboxylic acids is 1. The van der Waals surface area contributed by atoms with Crippen molar-refractivity contribution < 1.29 is 9.90 Å². The topological polar surface area (TPSA) is 99.2 Å². The summed E-state index contributed by atoms with van der Waals surface area (Å²) in [5.74, 6) is -1.47. The molecule has 68 valence electrons. The van der Waals surface area contributed by atoms with E-state index in [9.17, 15) is 4.79 Å². The van der Waals surface area contributed by atoms with Crippen LogP contribution in [0.15, 0.2) is 0 Å². The molecule has 0 radical (unpaired) electrons. The average Bonchev–Trinajstić information content (AvgIpc) is 1.98. The summed E-state index contributed by atoms with van der Waals surface area (Å²) < 4.78 is 0. The van der Waals surface area contributed by atoms with Crippen molar-refractivity contribution in [2.45, 2.75) is 6.92 Å². The van der Waals surface area contributed by atoms with Crippen molar-refractivity contribution in [3.8, 4) is 0 Å². The Morgan fingerprint density at radius 1 is 1.83 bits per heavy atom. The van der Waals surface area contributed by atoms with Gasteiger partial charge in [0, 0.05) is 0 Å². The smallest absolute Gasteiger partial charge is 0.322 e. The zero-order chi connectivity index (χ0) is 9.72. The molecule has 0 saturated carbocycles. The molecule has 0 fully saturated rings. The van der Waals surface area contributed by atoms with Gasteiger partial charge in [-0.3, -0.25) is 10.2 Å². The fourth-order valence-electron chi connectivity index (χ4n) is 0.457. The van der Waals surface area contributed by atoms with Crippen molar-refractivity contribution in [2.24, 2.45) is 11.7 Å². The quantitative estimate of drug-likeness (QED) is 0.273. The maximum absolute atomic E-state index is 10.1. The molecule has 1 unspecified atom stereocenters. The lowest BCUT2D eigenvalue weighted by atomic mass is 10.1. The first-order chi connectivity index (χ1) is 5.45. The molecule has 0 spiro atoms. The van der Waals surface area contributed by atoms with Crippen LogP contribution >= 0.6 is 12.2 Å². The molecule has 1 atom stereocenters. The van der Waals surface area contributed by atoms with Crippen molar-refractivity contribution in [1.29, 1.82) is 5.41 Å². The lowest BCUT2D eigenvalue weighted by Gasteiger charge is -2.11. The van der Waals surface area contributed by atoms with Crippen LogP contribution in [0.5, 0.6) is 0 Å². The summed E-state index contributed by atoms with van der Waals surface area (Å²) in [6.07, 6.45) is 0. The van der Waals surface area contributed by atoms with Crippen molar-refractivity contribution >= 4 is 29.0 Å². The zero-order valence-electron chi connectivity index (χ0n) is 6.63. The van der Waals surface area contributed by atoms with E-state index in [1.54, 1.807) is 6.92 Å². The summed E-state index contributed by atoms with van der Waals surface area (Å²) in [6, 6.07) is 0. The van der Waals surface area contributed by atoms with Gasteiger partial charge in [-0.25, -0.2) is 0 Å². The molecule has 5 N–H and O–H groups in total. The summed E-state index contributed by atoms with van der Waals surface area (Å²) in [5, 5.41) is 17.8. The summed E-state index contributed by atoms with van der Waals surface area (Å²) in [4.78, 5) is 10.4. The Morgan fingerprint density at radius 3 is 2.67 bits per heavy atom. The Balaban J connectivity index is 3.88. The molecular weight excluding hydrogens is 178 g/mol. The van der Waals surface area contributed by atoms with Gasteiger partial charge in [-0.1, -0.05) is 12.2 Å². The molecule has 0 aliphatic heterocycles. The van der Waals surface area contributed by atoms with Crippen LogP contribution < -0.4 is 11.1 Å². The van der Waals surface area contributed by atoms with Gasteiger partial charge in [0.1, 0.15) is 12.4 Å². The highest BCUT2D eigenvalue weighted by Crippen LogP contribution is 1.94. The van der Waals surface area contributed by atoms with Gasteiger partial charge in [0.15, 0.2) is 0 Å². The van der Waals surface area contributed by atoms with Crippen LogP contribution in [0, 0.1) is 11.3 Å². The van der Waals surface area contributed by atoms with Gasteiger partial charge in [-0.15, -0.1) is 0 Å². The van der Waals surface area contributed by atoms with Crippen LogP contribution in [0.3, 0.4) is 0 Å². The van der Waals surface area contributed by atoms with E-state index in [0.29, 0.717) is 0 Å². The second-order valence-corrected chi connectivity index (χ2v) is 2.73. The van der Waals surface area contributed by atoms with Crippen LogP contribution in [0.25, 0.3) is 0 Å². The van der Waals surface area contributed by atoms with Crippen LogP contribution in [0.2, 0.25) is 0 Å². The molecule has 6 heteroatoms. The van der Waals surface area contributed by atoms with E-state index in [1.165, 1.54) is 0 Å². The number of rotatable bonds is 4. The lowest BCUT2D eigenvalue weighted by Crippen LogP contribution is -2.37. The minimum absolute atomic E-state index is 0.0714. The molecule has 12 heavy (non-hydrogen) atoms. The standard InChI is InChI=1S/C6H11N3O2S/c1-3(5(7)8)6(12)9-2-4(10)11/h3H,2H2,1H3,(H3,7,8)(H,9,12)(H,10,11). The van der Waals surface area contributed by atoms with E-state index < -0.39 is 11.9 Å². The largest absolute Gasteiger partial charge is 0.480 e. The highest BCUT2D eigenvalue weighted by atomic mass is 32.1. The third-order valence-corrected chi connectivity index (χ3v) is 1.77. The summed E-state index contributed by atoms with van der Waals surface area (Å²) in [7, 11) is 0. The maximum atomic E-state index is 10.1. The molecule has 0 bridgehead atoms. The van der Waals surface area contributed by atoms with Gasteiger partial charge in [-0.2, -0.15) is 0 Å². The first kappa shape index (κ1) is 10.8. The van der Waals surface area contributed by atoms with Crippen LogP contribution in [-0.2, 0) is 4.79 Å². The van der Waals surface area contributed by atoms with Crippen LogP contribution in [-0.4, -0.2) is 28.4 Å².